The van der Waals surface area contributed by atoms with Gasteiger partial charge in [-0.3, -0.25) is 4.79 Å². The van der Waals surface area contributed by atoms with Gasteiger partial charge in [-0.25, -0.2) is 0 Å². The van der Waals surface area contributed by atoms with Gasteiger partial charge in [-0.05, 0) is 30.0 Å². The topological polar surface area (TPSA) is 39.4 Å². The van der Waals surface area contributed by atoms with Crippen LogP contribution in [-0.4, -0.2) is 14.0 Å². The van der Waals surface area contributed by atoms with Gasteiger partial charge < -0.3 is 9.15 Å². The van der Waals surface area contributed by atoms with Crippen LogP contribution in [0.1, 0.15) is 55.9 Å². The molecule has 0 bridgehead atoms. The summed E-state index contributed by atoms with van der Waals surface area (Å²) in [6.07, 6.45) is 6.12. The van der Waals surface area contributed by atoms with E-state index in [1.54, 1.807) is 6.26 Å². The monoisotopic (exact) mass is 358 g/mol. The number of benzene rings is 1. The smallest absolute Gasteiger partial charge is 0.303 e. The van der Waals surface area contributed by atoms with Gasteiger partial charge in [0, 0.05) is 12.5 Å². The highest BCUT2D eigenvalue weighted by Gasteiger charge is 2.25. The summed E-state index contributed by atoms with van der Waals surface area (Å²) in [5.41, 5.74) is 3.22. The van der Waals surface area contributed by atoms with Crippen LogP contribution in [0.5, 0.6) is 0 Å². The molecule has 25 heavy (non-hydrogen) atoms. The number of aryl methyl sites for hydroxylation is 1. The Hall–Kier alpha value is -1.81. The Kier molecular flexibility index (Phi) is 6.65. The second kappa shape index (κ2) is 8.52. The first-order valence-electron chi connectivity index (χ1n) is 9.16. The van der Waals surface area contributed by atoms with E-state index in [0.29, 0.717) is 0 Å². The van der Waals surface area contributed by atoms with Gasteiger partial charge in [0.2, 0.25) is 0 Å². The minimum absolute atomic E-state index is 0.284. The third kappa shape index (κ3) is 5.60. The summed E-state index contributed by atoms with van der Waals surface area (Å²) < 4.78 is 11.4. The zero-order valence-corrected chi connectivity index (χ0v) is 17.1. The second-order valence-electron chi connectivity index (χ2n) is 7.68. The van der Waals surface area contributed by atoms with Gasteiger partial charge in [0.05, 0.1) is 11.6 Å². The zero-order chi connectivity index (χ0) is 18.4. The number of unbranched alkanes of at least 4 members (excludes halogenated alkanes) is 2. The number of carbonyl (C=O) groups excluding carboxylic acids is 1. The summed E-state index contributed by atoms with van der Waals surface area (Å²) in [4.78, 5) is 11.6. The third-order valence-electron chi connectivity index (χ3n) is 4.30. The lowest BCUT2D eigenvalue weighted by molar-refractivity contribution is -0.144. The number of rotatable bonds is 8. The van der Waals surface area contributed by atoms with Gasteiger partial charge in [0.25, 0.3) is 0 Å². The molecule has 1 aromatic carbocycles. The van der Waals surface area contributed by atoms with Crippen molar-refractivity contribution in [3.8, 4) is 0 Å². The Morgan fingerprint density at radius 2 is 1.80 bits per heavy atom. The van der Waals surface area contributed by atoms with E-state index in [9.17, 15) is 4.79 Å². The van der Waals surface area contributed by atoms with E-state index in [4.69, 9.17) is 9.15 Å². The fraction of sp³-hybridized carbons (Fsp3) is 0.476. The van der Waals surface area contributed by atoms with Gasteiger partial charge in [-0.1, -0.05) is 63.7 Å². The molecule has 1 heterocycles. The van der Waals surface area contributed by atoms with Crippen LogP contribution < -0.4 is 5.38 Å². The van der Waals surface area contributed by atoms with E-state index in [1.807, 2.05) is 0 Å². The van der Waals surface area contributed by atoms with Crippen LogP contribution in [0.15, 0.2) is 41.0 Å². The van der Waals surface area contributed by atoms with E-state index < -0.39 is 14.2 Å². The van der Waals surface area contributed by atoms with Gasteiger partial charge in [0.15, 0.2) is 6.10 Å². The summed E-state index contributed by atoms with van der Waals surface area (Å²) in [7, 11) is -1.53. The summed E-state index contributed by atoms with van der Waals surface area (Å²) in [6, 6.07) is 10.5. The third-order valence-corrected chi connectivity index (χ3v) is 6.04. The Morgan fingerprint density at radius 3 is 2.32 bits per heavy atom. The molecule has 1 atom stereocenters. The molecule has 0 spiro atoms. The van der Waals surface area contributed by atoms with Crippen LogP contribution in [0.2, 0.25) is 19.6 Å². The fourth-order valence-electron chi connectivity index (χ4n) is 2.81. The first kappa shape index (κ1) is 19.5. The molecule has 2 rings (SSSR count). The summed E-state index contributed by atoms with van der Waals surface area (Å²) in [5, 5.41) is 1.02. The van der Waals surface area contributed by atoms with Crippen molar-refractivity contribution in [3.63, 3.8) is 0 Å². The van der Waals surface area contributed by atoms with E-state index >= 15 is 0 Å². The maximum Gasteiger partial charge on any atom is 0.303 e. The molecule has 1 aromatic heterocycles. The van der Waals surface area contributed by atoms with Gasteiger partial charge in [-0.15, -0.1) is 0 Å². The maximum atomic E-state index is 11.6. The first-order chi connectivity index (χ1) is 11.8. The molecule has 136 valence electrons. The lowest BCUT2D eigenvalue weighted by Crippen LogP contribution is -2.36. The van der Waals surface area contributed by atoms with E-state index in [0.717, 1.165) is 22.9 Å². The Balaban J connectivity index is 2.22. The summed E-state index contributed by atoms with van der Waals surface area (Å²) in [5.74, 6) is -0.284. The molecule has 0 N–H and O–H groups in total. The molecular weight excluding hydrogens is 328 g/mol. The minimum Gasteiger partial charge on any atom is -0.474 e. The number of furan rings is 1. The second-order valence-corrected chi connectivity index (χ2v) is 12.7. The molecule has 0 saturated carbocycles. The standard InChI is InChI=1S/C21H30O3Si/c1-6-7-8-9-17-10-12-18(13-11-17)21(24-16(2)22)19-14-20(23-15-19)25(3,4)5/h10-15,21H,6-9H2,1-5H3. The average molecular weight is 359 g/mol. The van der Waals surface area contributed by atoms with E-state index in [-0.39, 0.29) is 5.97 Å². The van der Waals surface area contributed by atoms with Crippen LogP contribution in [0, 0.1) is 0 Å². The van der Waals surface area contributed by atoms with Gasteiger partial charge in [0.1, 0.15) is 8.07 Å². The van der Waals surface area contributed by atoms with Crippen molar-refractivity contribution in [2.45, 2.75) is 65.3 Å². The molecule has 2 aromatic rings. The highest BCUT2D eigenvalue weighted by molar-refractivity contribution is 6.87. The van der Waals surface area contributed by atoms with Gasteiger partial charge >= 0.3 is 5.97 Å². The molecule has 0 radical (unpaired) electrons. The highest BCUT2D eigenvalue weighted by Crippen LogP contribution is 2.27. The number of hydrogen-bond donors (Lipinski definition) is 0. The SMILES string of the molecule is CCCCCc1ccc(C(OC(C)=O)c2coc([Si](C)(C)C)c2)cc1. The van der Waals surface area contributed by atoms with Crippen LogP contribution in [0.4, 0.5) is 0 Å². The van der Waals surface area contributed by atoms with Crippen molar-refractivity contribution >= 4 is 19.4 Å². The van der Waals surface area contributed by atoms with Gasteiger partial charge in [-0.2, -0.15) is 0 Å². The molecule has 0 aliphatic heterocycles. The summed E-state index contributed by atoms with van der Waals surface area (Å²) in [6.45, 7) is 10.4. The largest absolute Gasteiger partial charge is 0.474 e. The van der Waals surface area contributed by atoms with E-state index in [1.165, 1.54) is 31.7 Å². The minimum atomic E-state index is -1.53. The lowest BCUT2D eigenvalue weighted by atomic mass is 10.0. The van der Waals surface area contributed by atoms with Crippen molar-refractivity contribution < 1.29 is 13.9 Å². The summed E-state index contributed by atoms with van der Waals surface area (Å²) >= 11 is 0. The Bertz CT molecular complexity index is 680. The van der Waals surface area contributed by atoms with Crippen LogP contribution >= 0.6 is 0 Å². The highest BCUT2D eigenvalue weighted by atomic mass is 28.3. The molecule has 1 unspecified atom stereocenters. The number of hydrogen-bond acceptors (Lipinski definition) is 3. The van der Waals surface area contributed by atoms with Crippen LogP contribution in [0.3, 0.4) is 0 Å². The molecule has 0 amide bonds. The molecule has 0 aliphatic rings. The Morgan fingerprint density at radius 1 is 1.12 bits per heavy atom. The molecule has 3 nitrogen and oxygen atoms in total. The van der Waals surface area contributed by atoms with Crippen molar-refractivity contribution in [1.29, 1.82) is 0 Å². The molecule has 0 saturated heterocycles. The quantitative estimate of drug-likeness (QED) is 0.369. The first-order valence-corrected chi connectivity index (χ1v) is 12.7. The predicted molar refractivity (Wildman–Crippen MR) is 105 cm³/mol. The van der Waals surface area contributed by atoms with Crippen LogP contribution in [-0.2, 0) is 16.0 Å². The number of carbonyl (C=O) groups is 1. The van der Waals surface area contributed by atoms with Crippen molar-refractivity contribution in [2.24, 2.45) is 0 Å². The zero-order valence-electron chi connectivity index (χ0n) is 16.1. The molecule has 0 fully saturated rings. The lowest BCUT2D eigenvalue weighted by Gasteiger charge is -2.17. The molecule has 0 aliphatic carbocycles. The van der Waals surface area contributed by atoms with Crippen molar-refractivity contribution in [1.82, 2.24) is 0 Å². The van der Waals surface area contributed by atoms with Crippen LogP contribution in [0.25, 0.3) is 0 Å². The Labute approximate surface area is 152 Å². The van der Waals surface area contributed by atoms with Crippen molar-refractivity contribution in [3.05, 3.63) is 53.3 Å². The predicted octanol–water partition coefficient (Wildman–Crippen LogP) is 5.21. The normalized spacial score (nSPS) is 12.8. The number of esters is 1. The van der Waals surface area contributed by atoms with Crippen molar-refractivity contribution in [2.75, 3.05) is 0 Å². The fourth-order valence-corrected chi connectivity index (χ4v) is 3.83. The maximum absolute atomic E-state index is 11.6. The molecule has 4 heteroatoms. The van der Waals surface area contributed by atoms with E-state index in [2.05, 4.69) is 56.9 Å². The number of ether oxygens (including phenoxy) is 1. The molecular formula is C21H30O3Si. The average Bonchev–Trinajstić information content (AvgIpc) is 3.03.